The van der Waals surface area contributed by atoms with Gasteiger partial charge in [-0.1, -0.05) is 30.3 Å². The summed E-state index contributed by atoms with van der Waals surface area (Å²) in [5, 5.41) is 10.7. The first-order valence-corrected chi connectivity index (χ1v) is 11.4. The largest absolute Gasteiger partial charge is 0.465 e. The van der Waals surface area contributed by atoms with Crippen LogP contribution in [0.5, 0.6) is 0 Å². The average Bonchev–Trinajstić information content (AvgIpc) is 3.08. The first kappa shape index (κ1) is 24.6. The van der Waals surface area contributed by atoms with Gasteiger partial charge in [0.1, 0.15) is 11.6 Å². The second-order valence-corrected chi connectivity index (χ2v) is 9.91. The molecule has 174 valence electrons. The van der Waals surface area contributed by atoms with Crippen LogP contribution >= 0.6 is 22.6 Å². The van der Waals surface area contributed by atoms with Crippen LogP contribution in [0.15, 0.2) is 52.9 Å². The van der Waals surface area contributed by atoms with Gasteiger partial charge in [-0.25, -0.2) is 4.79 Å². The van der Waals surface area contributed by atoms with Crippen LogP contribution in [0.1, 0.15) is 42.5 Å². The van der Waals surface area contributed by atoms with Crippen LogP contribution in [-0.2, 0) is 11.2 Å². The number of furan rings is 1. The Balaban J connectivity index is 1.82. The maximum absolute atomic E-state index is 13.1. The number of benzene rings is 2. The number of amides is 3. The number of carboxylic acid groups (broad SMARTS) is 1. The summed E-state index contributed by atoms with van der Waals surface area (Å²) in [6.45, 7) is 6.90. The third kappa shape index (κ3) is 5.65. The molecule has 1 atom stereocenters. The molecule has 0 aliphatic rings. The van der Waals surface area contributed by atoms with Gasteiger partial charge in [0.05, 0.1) is 0 Å². The van der Waals surface area contributed by atoms with E-state index >= 15 is 0 Å². The fourth-order valence-electron chi connectivity index (χ4n) is 3.68. The lowest BCUT2D eigenvalue weighted by Crippen LogP contribution is -2.59. The van der Waals surface area contributed by atoms with E-state index in [1.807, 2.05) is 36.4 Å². The molecule has 0 fully saturated rings. The summed E-state index contributed by atoms with van der Waals surface area (Å²) in [5.41, 5.74) is 5.91. The Morgan fingerprint density at radius 1 is 1.06 bits per heavy atom. The van der Waals surface area contributed by atoms with Crippen LogP contribution in [0.25, 0.3) is 11.0 Å². The number of para-hydroxylation sites is 1. The van der Waals surface area contributed by atoms with E-state index in [2.05, 4.69) is 33.4 Å². The maximum Gasteiger partial charge on any atom is 0.408 e. The van der Waals surface area contributed by atoms with E-state index in [9.17, 15) is 19.5 Å². The molecule has 0 saturated heterocycles. The summed E-state index contributed by atoms with van der Waals surface area (Å²) in [7, 11) is 0. The normalized spacial score (nSPS) is 12.3. The van der Waals surface area contributed by atoms with Gasteiger partial charge in [-0.3, -0.25) is 25.3 Å². The molecule has 0 saturated carbocycles. The molecule has 33 heavy (non-hydrogen) atoms. The highest BCUT2D eigenvalue weighted by Crippen LogP contribution is 2.25. The molecule has 2 aromatic carbocycles. The van der Waals surface area contributed by atoms with Gasteiger partial charge in [0.2, 0.25) is 0 Å². The molecule has 8 nitrogen and oxygen atoms in total. The Bertz CT molecular complexity index is 1180. The smallest absolute Gasteiger partial charge is 0.408 e. The summed E-state index contributed by atoms with van der Waals surface area (Å²) >= 11 is 2.17. The summed E-state index contributed by atoms with van der Waals surface area (Å²) in [5.74, 6) is -1.19. The van der Waals surface area contributed by atoms with Crippen molar-refractivity contribution >= 4 is 51.5 Å². The van der Waals surface area contributed by atoms with Crippen LogP contribution in [0.3, 0.4) is 0 Å². The van der Waals surface area contributed by atoms with Gasteiger partial charge in [0.25, 0.3) is 5.91 Å². The number of carbonyl (C=O) groups excluding carboxylic acids is 2. The quantitative estimate of drug-likeness (QED) is 0.313. The summed E-state index contributed by atoms with van der Waals surface area (Å²) in [4.78, 5) is 39.0. The molecule has 0 aliphatic heterocycles. The Labute approximate surface area is 205 Å². The fourth-order valence-corrected chi connectivity index (χ4v) is 4.04. The maximum atomic E-state index is 13.1. The third-order valence-electron chi connectivity index (χ3n) is 5.23. The predicted octanol–water partition coefficient (Wildman–Crippen LogP) is 4.50. The van der Waals surface area contributed by atoms with E-state index in [-0.39, 0.29) is 12.2 Å². The lowest BCUT2D eigenvalue weighted by Gasteiger charge is -2.38. The minimum absolute atomic E-state index is 0.0802. The predicted molar refractivity (Wildman–Crippen MR) is 133 cm³/mol. The van der Waals surface area contributed by atoms with Crippen LogP contribution in [0.4, 0.5) is 4.79 Å². The van der Waals surface area contributed by atoms with Crippen molar-refractivity contribution in [1.29, 1.82) is 0 Å². The third-order valence-corrected chi connectivity index (χ3v) is 5.95. The molecule has 0 spiro atoms. The zero-order chi connectivity index (χ0) is 24.3. The van der Waals surface area contributed by atoms with Gasteiger partial charge in [0, 0.05) is 26.5 Å². The van der Waals surface area contributed by atoms with Gasteiger partial charge in [-0.2, -0.15) is 0 Å². The molecule has 1 unspecified atom stereocenters. The number of hydrogen-bond donors (Lipinski definition) is 3. The SMILES string of the molecule is Cc1c(C(=O)NNC(=O)C(Cc2ccc(I)cc2)N(C(=O)O)C(C)(C)C)oc2ccccc12. The molecular formula is C24H26IN3O5. The van der Waals surface area contributed by atoms with E-state index in [1.165, 1.54) is 0 Å². The van der Waals surface area contributed by atoms with Crippen molar-refractivity contribution in [1.82, 2.24) is 15.8 Å². The second kappa shape index (κ2) is 9.82. The van der Waals surface area contributed by atoms with Crippen molar-refractivity contribution in [2.24, 2.45) is 0 Å². The standard InChI is InChI=1S/C24H26IN3O5/c1-14-17-7-5-6-8-19(17)33-20(14)22(30)27-26-21(29)18(28(23(31)32)24(2,3)4)13-15-9-11-16(25)12-10-15/h5-12,18H,13H2,1-4H3,(H,26,29)(H,27,30)(H,31,32). The molecule has 3 amide bonds. The topological polar surface area (TPSA) is 112 Å². The minimum atomic E-state index is -1.23. The van der Waals surface area contributed by atoms with Crippen molar-refractivity contribution in [2.75, 3.05) is 0 Å². The first-order chi connectivity index (χ1) is 15.5. The van der Waals surface area contributed by atoms with Crippen LogP contribution in [0, 0.1) is 10.5 Å². The molecule has 1 heterocycles. The molecule has 3 rings (SSSR count). The van der Waals surface area contributed by atoms with E-state index in [4.69, 9.17) is 4.42 Å². The van der Waals surface area contributed by atoms with Crippen LogP contribution in [0.2, 0.25) is 0 Å². The Morgan fingerprint density at radius 3 is 2.27 bits per heavy atom. The van der Waals surface area contributed by atoms with Crippen molar-refractivity contribution in [3.63, 3.8) is 0 Å². The van der Waals surface area contributed by atoms with Crippen molar-refractivity contribution in [2.45, 2.75) is 45.7 Å². The van der Waals surface area contributed by atoms with E-state index in [0.29, 0.717) is 11.1 Å². The van der Waals surface area contributed by atoms with Gasteiger partial charge >= 0.3 is 12.0 Å². The number of rotatable bonds is 5. The molecule has 0 radical (unpaired) electrons. The Morgan fingerprint density at radius 2 is 1.70 bits per heavy atom. The minimum Gasteiger partial charge on any atom is -0.465 e. The highest BCUT2D eigenvalue weighted by atomic mass is 127. The monoisotopic (exact) mass is 563 g/mol. The van der Waals surface area contributed by atoms with Crippen molar-refractivity contribution in [3.8, 4) is 0 Å². The van der Waals surface area contributed by atoms with Gasteiger partial charge in [0.15, 0.2) is 5.76 Å². The van der Waals surface area contributed by atoms with E-state index in [0.717, 1.165) is 19.4 Å². The molecule has 0 aliphatic carbocycles. The number of hydrogen-bond acceptors (Lipinski definition) is 4. The van der Waals surface area contributed by atoms with Crippen LogP contribution < -0.4 is 10.9 Å². The van der Waals surface area contributed by atoms with Crippen molar-refractivity contribution in [3.05, 3.63) is 69.0 Å². The average molecular weight is 563 g/mol. The molecule has 3 N–H and O–H groups in total. The number of nitrogens with one attached hydrogen (secondary N) is 2. The van der Waals surface area contributed by atoms with E-state index in [1.54, 1.807) is 39.8 Å². The summed E-state index contributed by atoms with van der Waals surface area (Å²) < 4.78 is 6.66. The molecule has 3 aromatic rings. The first-order valence-electron chi connectivity index (χ1n) is 10.3. The number of aryl methyl sites for hydroxylation is 1. The van der Waals surface area contributed by atoms with Gasteiger partial charge in [-0.05, 0) is 74.0 Å². The molecule has 1 aromatic heterocycles. The van der Waals surface area contributed by atoms with E-state index < -0.39 is 29.5 Å². The number of halogens is 1. The van der Waals surface area contributed by atoms with Crippen LogP contribution in [-0.4, -0.2) is 39.5 Å². The number of nitrogens with zero attached hydrogens (tertiary/aromatic N) is 1. The fraction of sp³-hybridized carbons (Fsp3) is 0.292. The summed E-state index contributed by atoms with van der Waals surface area (Å²) in [6, 6.07) is 13.6. The molecular weight excluding hydrogens is 537 g/mol. The second-order valence-electron chi connectivity index (χ2n) is 8.67. The van der Waals surface area contributed by atoms with Gasteiger partial charge in [-0.15, -0.1) is 0 Å². The Kier molecular flexibility index (Phi) is 7.31. The Hall–Kier alpha value is -3.08. The van der Waals surface area contributed by atoms with Crippen molar-refractivity contribution < 1.29 is 23.9 Å². The zero-order valence-corrected chi connectivity index (χ0v) is 21.0. The number of hydrazine groups is 1. The number of carbonyl (C=O) groups is 3. The lowest BCUT2D eigenvalue weighted by atomic mass is 9.98. The zero-order valence-electron chi connectivity index (χ0n) is 18.8. The lowest BCUT2D eigenvalue weighted by molar-refractivity contribution is -0.128. The molecule has 0 bridgehead atoms. The number of fused-ring (bicyclic) bond motifs is 1. The highest BCUT2D eigenvalue weighted by Gasteiger charge is 2.38. The summed E-state index contributed by atoms with van der Waals surface area (Å²) in [6.07, 6.45) is -1.08. The van der Waals surface area contributed by atoms with Gasteiger partial charge < -0.3 is 9.52 Å². The molecule has 9 heteroatoms. The highest BCUT2D eigenvalue weighted by molar-refractivity contribution is 14.1.